The molecule has 0 saturated heterocycles. The molecule has 0 bridgehead atoms. The third kappa shape index (κ3) is 4.39. The van der Waals surface area contributed by atoms with Crippen LogP contribution in [0.3, 0.4) is 0 Å². The van der Waals surface area contributed by atoms with Gasteiger partial charge < -0.3 is 10.6 Å². The Morgan fingerprint density at radius 3 is 2.68 bits per heavy atom. The highest BCUT2D eigenvalue weighted by atomic mass is 79.9. The van der Waals surface area contributed by atoms with Crippen LogP contribution in [0.5, 0.6) is 0 Å². The van der Waals surface area contributed by atoms with Gasteiger partial charge in [0, 0.05) is 29.5 Å². The number of nitrogens with one attached hydrogen (secondary N) is 2. The van der Waals surface area contributed by atoms with E-state index in [-0.39, 0.29) is 17.9 Å². The Balaban J connectivity index is 2.10. The standard InChI is InChI=1S/C16H16BrN3O2/c1-10(12-4-3-5-15(7-12)20-11(2)21)19-16(22)13-6-14(17)9-18-8-13/h3-10H,1-2H3,(H,19,22)(H,20,21). The first-order valence-electron chi connectivity index (χ1n) is 6.74. The van der Waals surface area contributed by atoms with Crippen molar-refractivity contribution < 1.29 is 9.59 Å². The van der Waals surface area contributed by atoms with E-state index in [0.717, 1.165) is 10.0 Å². The molecular weight excluding hydrogens is 346 g/mol. The molecule has 22 heavy (non-hydrogen) atoms. The molecule has 1 atom stereocenters. The van der Waals surface area contributed by atoms with Crippen molar-refractivity contribution in [2.24, 2.45) is 0 Å². The van der Waals surface area contributed by atoms with E-state index < -0.39 is 0 Å². The normalized spacial score (nSPS) is 11.6. The molecule has 0 radical (unpaired) electrons. The number of rotatable bonds is 4. The van der Waals surface area contributed by atoms with Gasteiger partial charge in [0.25, 0.3) is 5.91 Å². The molecule has 6 heteroatoms. The van der Waals surface area contributed by atoms with Gasteiger partial charge in [-0.2, -0.15) is 0 Å². The van der Waals surface area contributed by atoms with Gasteiger partial charge in [-0.3, -0.25) is 14.6 Å². The number of carbonyl (C=O) groups excluding carboxylic acids is 2. The summed E-state index contributed by atoms with van der Waals surface area (Å²) in [6.45, 7) is 3.34. The zero-order valence-corrected chi connectivity index (χ0v) is 13.8. The topological polar surface area (TPSA) is 71.1 Å². The second kappa shape index (κ2) is 7.17. The molecule has 2 amide bonds. The monoisotopic (exact) mass is 361 g/mol. The molecule has 0 saturated carbocycles. The zero-order valence-electron chi connectivity index (χ0n) is 12.3. The smallest absolute Gasteiger partial charge is 0.253 e. The van der Waals surface area contributed by atoms with Crippen LogP contribution in [-0.4, -0.2) is 16.8 Å². The van der Waals surface area contributed by atoms with Crippen LogP contribution in [0.15, 0.2) is 47.2 Å². The van der Waals surface area contributed by atoms with Crippen LogP contribution in [0, 0.1) is 0 Å². The number of anilines is 1. The fraction of sp³-hybridized carbons (Fsp3) is 0.188. The molecule has 2 aromatic rings. The van der Waals surface area contributed by atoms with Crippen LogP contribution in [0.1, 0.15) is 35.8 Å². The van der Waals surface area contributed by atoms with Gasteiger partial charge in [-0.15, -0.1) is 0 Å². The Kier molecular flexibility index (Phi) is 5.27. The van der Waals surface area contributed by atoms with E-state index in [1.807, 2.05) is 25.1 Å². The quantitative estimate of drug-likeness (QED) is 0.877. The molecule has 0 fully saturated rings. The van der Waals surface area contributed by atoms with Gasteiger partial charge in [0.1, 0.15) is 0 Å². The van der Waals surface area contributed by atoms with Crippen LogP contribution in [-0.2, 0) is 4.79 Å². The van der Waals surface area contributed by atoms with E-state index in [2.05, 4.69) is 31.5 Å². The number of carbonyl (C=O) groups is 2. The predicted molar refractivity (Wildman–Crippen MR) is 88.6 cm³/mol. The molecule has 1 aromatic carbocycles. The minimum absolute atomic E-state index is 0.131. The van der Waals surface area contributed by atoms with Gasteiger partial charge in [-0.25, -0.2) is 0 Å². The number of aromatic nitrogens is 1. The first-order chi connectivity index (χ1) is 10.5. The summed E-state index contributed by atoms with van der Waals surface area (Å²) in [6, 6.07) is 8.89. The fourth-order valence-electron chi connectivity index (χ4n) is 1.99. The van der Waals surface area contributed by atoms with Crippen LogP contribution in [0.25, 0.3) is 0 Å². The van der Waals surface area contributed by atoms with E-state index in [1.165, 1.54) is 13.1 Å². The van der Waals surface area contributed by atoms with Gasteiger partial charge in [0.15, 0.2) is 0 Å². The van der Waals surface area contributed by atoms with Crippen LogP contribution in [0.2, 0.25) is 0 Å². The van der Waals surface area contributed by atoms with E-state index in [4.69, 9.17) is 0 Å². The van der Waals surface area contributed by atoms with Crippen LogP contribution < -0.4 is 10.6 Å². The molecule has 1 aromatic heterocycles. The van der Waals surface area contributed by atoms with Gasteiger partial charge in [-0.1, -0.05) is 12.1 Å². The first-order valence-corrected chi connectivity index (χ1v) is 7.54. The summed E-state index contributed by atoms with van der Waals surface area (Å²) in [6.07, 6.45) is 3.14. The Hall–Kier alpha value is -2.21. The van der Waals surface area contributed by atoms with Crippen molar-refractivity contribution in [3.8, 4) is 0 Å². The Morgan fingerprint density at radius 1 is 1.23 bits per heavy atom. The van der Waals surface area contributed by atoms with Gasteiger partial charge >= 0.3 is 0 Å². The average Bonchev–Trinajstić information content (AvgIpc) is 2.46. The van der Waals surface area contributed by atoms with Crippen molar-refractivity contribution in [2.45, 2.75) is 19.9 Å². The Bertz CT molecular complexity index is 703. The molecule has 0 spiro atoms. The molecule has 2 N–H and O–H groups in total. The number of pyridine rings is 1. The molecular formula is C16H16BrN3O2. The lowest BCUT2D eigenvalue weighted by Gasteiger charge is -2.15. The summed E-state index contributed by atoms with van der Waals surface area (Å²) in [7, 11) is 0. The molecule has 0 aliphatic rings. The van der Waals surface area contributed by atoms with E-state index in [0.29, 0.717) is 11.3 Å². The highest BCUT2D eigenvalue weighted by molar-refractivity contribution is 9.10. The van der Waals surface area contributed by atoms with Crippen molar-refractivity contribution in [1.29, 1.82) is 0 Å². The van der Waals surface area contributed by atoms with E-state index >= 15 is 0 Å². The Morgan fingerprint density at radius 2 is 2.00 bits per heavy atom. The summed E-state index contributed by atoms with van der Waals surface area (Å²) < 4.78 is 0.750. The largest absolute Gasteiger partial charge is 0.345 e. The summed E-state index contributed by atoms with van der Waals surface area (Å²) in [4.78, 5) is 27.3. The molecule has 0 aliphatic carbocycles. The second-order valence-corrected chi connectivity index (χ2v) is 5.81. The van der Waals surface area contributed by atoms with Gasteiger partial charge in [-0.05, 0) is 46.6 Å². The molecule has 1 unspecified atom stereocenters. The van der Waals surface area contributed by atoms with Crippen molar-refractivity contribution in [1.82, 2.24) is 10.3 Å². The highest BCUT2D eigenvalue weighted by Crippen LogP contribution is 2.18. The van der Waals surface area contributed by atoms with Crippen LogP contribution >= 0.6 is 15.9 Å². The Labute approximate surface area is 137 Å². The number of amides is 2. The maximum Gasteiger partial charge on any atom is 0.253 e. The number of hydrogen-bond acceptors (Lipinski definition) is 3. The van der Waals surface area contributed by atoms with Crippen molar-refractivity contribution in [3.63, 3.8) is 0 Å². The first kappa shape index (κ1) is 16.2. The summed E-state index contributed by atoms with van der Waals surface area (Å²) in [5.74, 6) is -0.333. The van der Waals surface area contributed by atoms with E-state index in [1.54, 1.807) is 18.3 Å². The highest BCUT2D eigenvalue weighted by Gasteiger charge is 2.12. The molecule has 114 valence electrons. The number of halogens is 1. The summed E-state index contributed by atoms with van der Waals surface area (Å²) in [5, 5.41) is 5.63. The summed E-state index contributed by atoms with van der Waals surface area (Å²) >= 11 is 3.29. The average molecular weight is 362 g/mol. The maximum absolute atomic E-state index is 12.2. The number of benzene rings is 1. The minimum atomic E-state index is -0.203. The zero-order chi connectivity index (χ0) is 16.1. The molecule has 2 rings (SSSR count). The SMILES string of the molecule is CC(=O)Nc1cccc(C(C)NC(=O)c2cncc(Br)c2)c1. The predicted octanol–water partition coefficient (Wildman–Crippen LogP) is 3.29. The second-order valence-electron chi connectivity index (χ2n) is 4.89. The molecule has 0 aliphatic heterocycles. The van der Waals surface area contributed by atoms with Gasteiger partial charge in [0.05, 0.1) is 11.6 Å². The fourth-order valence-corrected chi connectivity index (χ4v) is 2.35. The minimum Gasteiger partial charge on any atom is -0.345 e. The van der Waals surface area contributed by atoms with Crippen molar-refractivity contribution in [2.75, 3.05) is 5.32 Å². The summed E-state index contributed by atoms with van der Waals surface area (Å²) in [5.41, 5.74) is 2.09. The van der Waals surface area contributed by atoms with Gasteiger partial charge in [0.2, 0.25) is 5.91 Å². The third-order valence-corrected chi connectivity index (χ3v) is 3.46. The number of nitrogens with zero attached hydrogens (tertiary/aromatic N) is 1. The lowest BCUT2D eigenvalue weighted by Crippen LogP contribution is -2.26. The third-order valence-electron chi connectivity index (χ3n) is 3.02. The van der Waals surface area contributed by atoms with Crippen LogP contribution in [0.4, 0.5) is 5.69 Å². The molecule has 5 nitrogen and oxygen atoms in total. The van der Waals surface area contributed by atoms with Crippen molar-refractivity contribution >= 4 is 33.4 Å². The maximum atomic E-state index is 12.2. The lowest BCUT2D eigenvalue weighted by atomic mass is 10.1. The van der Waals surface area contributed by atoms with E-state index in [9.17, 15) is 9.59 Å². The van der Waals surface area contributed by atoms with Crippen molar-refractivity contribution in [3.05, 3.63) is 58.3 Å². The molecule has 1 heterocycles. The number of hydrogen-bond donors (Lipinski definition) is 2. The lowest BCUT2D eigenvalue weighted by molar-refractivity contribution is -0.114.